The van der Waals surface area contributed by atoms with E-state index in [-0.39, 0.29) is 6.10 Å². The molecular formula is C11H19NO5Si. The van der Waals surface area contributed by atoms with Crippen molar-refractivity contribution in [2.45, 2.75) is 19.4 Å². The fourth-order valence-corrected chi connectivity index (χ4v) is 4.04. The molecule has 0 radical (unpaired) electrons. The van der Waals surface area contributed by atoms with E-state index < -0.39 is 15.0 Å². The van der Waals surface area contributed by atoms with Gasteiger partial charge in [0.05, 0.1) is 19.3 Å². The lowest BCUT2D eigenvalue weighted by Gasteiger charge is -2.39. The summed E-state index contributed by atoms with van der Waals surface area (Å²) >= 11 is 0. The average molecular weight is 273 g/mol. The lowest BCUT2D eigenvalue weighted by molar-refractivity contribution is -0.146. The van der Waals surface area contributed by atoms with Crippen LogP contribution in [0.1, 0.15) is 13.3 Å². The number of carbonyl (C=O) groups excluding carboxylic acids is 1. The Bertz CT molecular complexity index is 315. The Morgan fingerprint density at radius 1 is 1.50 bits per heavy atom. The van der Waals surface area contributed by atoms with Gasteiger partial charge in [0.25, 0.3) is 0 Å². The summed E-state index contributed by atoms with van der Waals surface area (Å²) in [4.78, 5) is 13.6. The summed E-state index contributed by atoms with van der Waals surface area (Å²) in [6.45, 7) is 8.75. The third-order valence-electron chi connectivity index (χ3n) is 2.99. The summed E-state index contributed by atoms with van der Waals surface area (Å²) in [5, 5.41) is 0. The Morgan fingerprint density at radius 3 is 2.72 bits per heavy atom. The maximum Gasteiger partial charge on any atom is 0.752 e. The van der Waals surface area contributed by atoms with Crippen molar-refractivity contribution in [1.82, 2.24) is 4.90 Å². The Labute approximate surface area is 108 Å². The highest BCUT2D eigenvalue weighted by atomic mass is 28.4. The predicted molar refractivity (Wildman–Crippen MR) is 65.6 cm³/mol. The van der Waals surface area contributed by atoms with E-state index in [1.807, 2.05) is 6.92 Å². The molecule has 3 aliphatic heterocycles. The van der Waals surface area contributed by atoms with Gasteiger partial charge >= 0.3 is 15.0 Å². The van der Waals surface area contributed by atoms with Crippen LogP contribution < -0.4 is 0 Å². The molecule has 18 heavy (non-hydrogen) atoms. The Balaban J connectivity index is 2.16. The second kappa shape index (κ2) is 5.94. The Hall–Kier alpha value is -0.733. The van der Waals surface area contributed by atoms with Gasteiger partial charge in [-0.25, -0.2) is 4.79 Å². The second-order valence-corrected chi connectivity index (χ2v) is 6.29. The summed E-state index contributed by atoms with van der Waals surface area (Å²) < 4.78 is 22.3. The third kappa shape index (κ3) is 3.18. The average Bonchev–Trinajstić information content (AvgIpc) is 2.30. The smallest absolute Gasteiger partial charge is 0.449 e. The molecule has 1 unspecified atom stereocenters. The summed E-state index contributed by atoms with van der Waals surface area (Å²) in [5.41, 5.74) is 0. The van der Waals surface area contributed by atoms with Crippen LogP contribution in [-0.2, 0) is 22.5 Å². The molecule has 0 aromatic heterocycles. The molecule has 3 rings (SSSR count). The quantitative estimate of drug-likeness (QED) is 0.545. The van der Waals surface area contributed by atoms with E-state index >= 15 is 0 Å². The van der Waals surface area contributed by atoms with E-state index in [1.54, 1.807) is 0 Å². The lowest BCUT2D eigenvalue weighted by atomic mass is 10.2. The van der Waals surface area contributed by atoms with Crippen molar-refractivity contribution in [3.05, 3.63) is 12.7 Å². The van der Waals surface area contributed by atoms with Crippen LogP contribution in [0.5, 0.6) is 0 Å². The third-order valence-corrected chi connectivity index (χ3v) is 5.18. The fourth-order valence-electron chi connectivity index (χ4n) is 1.99. The normalized spacial score (nSPS) is 36.3. The molecule has 0 amide bonds. The standard InChI is InChI=1S/C11H19NO5Si/c1-3-10-9-12-5-7-14-18(16-10,15-8-6-12)17-11(13)4-2/h4,10H,2-3,5-9H2,1H3. The van der Waals surface area contributed by atoms with E-state index in [4.69, 9.17) is 17.7 Å². The van der Waals surface area contributed by atoms with E-state index in [0.717, 1.165) is 32.1 Å². The van der Waals surface area contributed by atoms with Crippen molar-refractivity contribution in [3.8, 4) is 0 Å². The van der Waals surface area contributed by atoms with Gasteiger partial charge < -0.3 is 17.7 Å². The van der Waals surface area contributed by atoms with Gasteiger partial charge in [-0.05, 0) is 6.42 Å². The first-order valence-electron chi connectivity index (χ1n) is 6.21. The van der Waals surface area contributed by atoms with Gasteiger partial charge in [0, 0.05) is 25.7 Å². The van der Waals surface area contributed by atoms with Gasteiger partial charge in [0.1, 0.15) is 0 Å². The van der Waals surface area contributed by atoms with Crippen LogP contribution in [0, 0.1) is 0 Å². The van der Waals surface area contributed by atoms with E-state index in [1.165, 1.54) is 0 Å². The molecule has 3 fully saturated rings. The van der Waals surface area contributed by atoms with E-state index in [9.17, 15) is 4.79 Å². The minimum atomic E-state index is -3.34. The van der Waals surface area contributed by atoms with Gasteiger partial charge in [0.15, 0.2) is 0 Å². The van der Waals surface area contributed by atoms with E-state index in [2.05, 4.69) is 11.5 Å². The van der Waals surface area contributed by atoms with Gasteiger partial charge in [-0.1, -0.05) is 13.5 Å². The van der Waals surface area contributed by atoms with Gasteiger partial charge in [-0.3, -0.25) is 4.90 Å². The Kier molecular flexibility index (Phi) is 4.52. The molecule has 0 saturated carbocycles. The van der Waals surface area contributed by atoms with Gasteiger partial charge in [0.2, 0.25) is 0 Å². The lowest BCUT2D eigenvalue weighted by Crippen LogP contribution is -2.60. The first-order valence-corrected chi connectivity index (χ1v) is 7.84. The molecule has 0 spiro atoms. The first kappa shape index (κ1) is 13.7. The fraction of sp³-hybridized carbons (Fsp3) is 0.727. The highest BCUT2D eigenvalue weighted by molar-refractivity contribution is 6.55. The zero-order valence-corrected chi connectivity index (χ0v) is 11.6. The zero-order valence-electron chi connectivity index (χ0n) is 10.6. The van der Waals surface area contributed by atoms with Crippen molar-refractivity contribution < 1.29 is 22.5 Å². The van der Waals surface area contributed by atoms with Gasteiger partial charge in [-0.15, -0.1) is 0 Å². The highest BCUT2D eigenvalue weighted by Crippen LogP contribution is 2.22. The molecule has 0 aromatic rings. The maximum atomic E-state index is 11.4. The van der Waals surface area contributed by atoms with Crippen LogP contribution in [0.2, 0.25) is 0 Å². The van der Waals surface area contributed by atoms with Crippen molar-refractivity contribution in [1.29, 1.82) is 0 Å². The molecule has 0 aromatic carbocycles. The zero-order chi connectivity index (χ0) is 13.0. The van der Waals surface area contributed by atoms with Crippen molar-refractivity contribution in [2.24, 2.45) is 0 Å². The summed E-state index contributed by atoms with van der Waals surface area (Å²) in [6.07, 6.45) is 1.89. The number of fused-ring (bicyclic) bond motifs is 6. The summed E-state index contributed by atoms with van der Waals surface area (Å²) in [6, 6.07) is 0. The molecule has 0 aliphatic carbocycles. The predicted octanol–water partition coefficient (Wildman–Crippen LogP) is 0.309. The Morgan fingerprint density at radius 2 is 2.17 bits per heavy atom. The molecule has 3 aliphatic rings. The number of hydrogen-bond acceptors (Lipinski definition) is 6. The molecule has 7 heteroatoms. The number of carbonyl (C=O) groups is 1. The molecule has 2 bridgehead atoms. The van der Waals surface area contributed by atoms with Crippen LogP contribution in [0.4, 0.5) is 0 Å². The van der Waals surface area contributed by atoms with Crippen LogP contribution in [-0.4, -0.2) is 58.9 Å². The highest BCUT2D eigenvalue weighted by Gasteiger charge is 2.53. The second-order valence-electron chi connectivity index (χ2n) is 4.27. The molecule has 6 nitrogen and oxygen atoms in total. The SMILES string of the molecule is C=CC(=O)O[Si]12OCCN(CCO1)CC(CC)O2. The molecule has 0 N–H and O–H groups in total. The van der Waals surface area contributed by atoms with E-state index in [0.29, 0.717) is 13.2 Å². The van der Waals surface area contributed by atoms with Crippen LogP contribution in [0.3, 0.4) is 0 Å². The first-order chi connectivity index (χ1) is 8.67. The van der Waals surface area contributed by atoms with Crippen molar-refractivity contribution >= 4 is 15.0 Å². The number of nitrogens with zero attached hydrogens (tertiary/aromatic N) is 1. The minimum Gasteiger partial charge on any atom is -0.449 e. The summed E-state index contributed by atoms with van der Waals surface area (Å²) in [5.74, 6) is -0.561. The van der Waals surface area contributed by atoms with Crippen molar-refractivity contribution in [3.63, 3.8) is 0 Å². The molecule has 3 heterocycles. The molecule has 1 atom stereocenters. The number of hydrogen-bond donors (Lipinski definition) is 0. The maximum absolute atomic E-state index is 11.4. The van der Waals surface area contributed by atoms with Crippen LogP contribution in [0.25, 0.3) is 0 Å². The molecule has 3 saturated heterocycles. The van der Waals surface area contributed by atoms with Crippen LogP contribution >= 0.6 is 0 Å². The number of rotatable bonds is 3. The summed E-state index contributed by atoms with van der Waals surface area (Å²) in [7, 11) is -3.34. The monoisotopic (exact) mass is 273 g/mol. The largest absolute Gasteiger partial charge is 0.752 e. The minimum absolute atomic E-state index is 0.0325. The van der Waals surface area contributed by atoms with Gasteiger partial charge in [-0.2, -0.15) is 0 Å². The molecule has 102 valence electrons. The van der Waals surface area contributed by atoms with Crippen LogP contribution in [0.15, 0.2) is 12.7 Å². The van der Waals surface area contributed by atoms with Crippen molar-refractivity contribution in [2.75, 3.05) is 32.8 Å². The molecular weight excluding hydrogens is 254 g/mol. The topological polar surface area (TPSA) is 57.2 Å².